The van der Waals surface area contributed by atoms with Crippen LogP contribution in [0.1, 0.15) is 95.9 Å². The van der Waals surface area contributed by atoms with Crippen molar-refractivity contribution in [3.8, 4) is 0 Å². The molecule has 2 aromatic rings. The van der Waals surface area contributed by atoms with Gasteiger partial charge in [0, 0.05) is 53.1 Å². The Bertz CT molecular complexity index is 1220. The second-order valence-electron chi connectivity index (χ2n) is 11.7. The number of hydrogen-bond donors (Lipinski definition) is 3. The van der Waals surface area contributed by atoms with Gasteiger partial charge in [-0.25, -0.2) is 4.98 Å². The van der Waals surface area contributed by atoms with Crippen molar-refractivity contribution in [2.75, 3.05) is 10.2 Å². The second-order valence-corrected chi connectivity index (χ2v) is 11.7. The molecule has 38 heavy (non-hydrogen) atoms. The molecular weight excluding hydrogens is 478 g/mol. The number of piperidine rings is 1. The Morgan fingerprint density at radius 3 is 2.24 bits per heavy atom. The number of rotatable bonds is 9. The molecule has 2 bridgehead atoms. The fourth-order valence-corrected chi connectivity index (χ4v) is 5.89. The van der Waals surface area contributed by atoms with Crippen LogP contribution >= 0.6 is 0 Å². The van der Waals surface area contributed by atoms with Crippen LogP contribution in [-0.4, -0.2) is 46.7 Å². The highest BCUT2D eigenvalue weighted by Crippen LogP contribution is 2.39. The molecule has 3 aliphatic rings. The van der Waals surface area contributed by atoms with E-state index < -0.39 is 5.91 Å². The van der Waals surface area contributed by atoms with E-state index in [2.05, 4.69) is 34.4 Å². The summed E-state index contributed by atoms with van der Waals surface area (Å²) in [5, 5.41) is 6.64. The number of nitrogens with two attached hydrogens (primary N) is 1. The molecule has 0 spiro atoms. The maximum atomic E-state index is 13.4. The van der Waals surface area contributed by atoms with Gasteiger partial charge in [-0.3, -0.25) is 14.4 Å². The molecule has 4 atom stereocenters. The van der Waals surface area contributed by atoms with Crippen LogP contribution in [0.3, 0.4) is 0 Å². The maximum absolute atomic E-state index is 13.4. The summed E-state index contributed by atoms with van der Waals surface area (Å²) in [6.07, 6.45) is 7.54. The van der Waals surface area contributed by atoms with Crippen molar-refractivity contribution in [1.82, 2.24) is 10.3 Å². The van der Waals surface area contributed by atoms with Gasteiger partial charge in [0.05, 0.1) is 5.56 Å². The standard InChI is InChI=1S/C30H39N5O3/c1-16(2)18(4)33-26-14-24(17(3)11-25(26)29(31)37)30(38)34-21-12-22-8-9-23(13-21)35(22)27-10-7-20(15-32-27)28(36)19-5-6-19/h7,10-11,14-16,18-19,21-23,33H,5-6,8-9,12-13H2,1-4H3,(H2,31,37)(H,34,38)/t18-,21-,22+,23-/m1/s1. The minimum Gasteiger partial charge on any atom is -0.382 e. The highest BCUT2D eigenvalue weighted by Gasteiger charge is 2.42. The Morgan fingerprint density at radius 2 is 1.68 bits per heavy atom. The van der Waals surface area contributed by atoms with Gasteiger partial charge in [0.2, 0.25) is 0 Å². The van der Waals surface area contributed by atoms with Crippen LogP contribution in [0.2, 0.25) is 0 Å². The van der Waals surface area contributed by atoms with Crippen molar-refractivity contribution >= 4 is 29.1 Å². The van der Waals surface area contributed by atoms with E-state index in [-0.39, 0.29) is 29.7 Å². The summed E-state index contributed by atoms with van der Waals surface area (Å²) >= 11 is 0. The molecule has 8 heteroatoms. The smallest absolute Gasteiger partial charge is 0.251 e. The average molecular weight is 518 g/mol. The van der Waals surface area contributed by atoms with E-state index in [0.717, 1.165) is 49.9 Å². The molecule has 1 aliphatic carbocycles. The Hall–Kier alpha value is -3.42. The summed E-state index contributed by atoms with van der Waals surface area (Å²) in [5.41, 5.74) is 8.63. The van der Waals surface area contributed by atoms with Crippen LogP contribution in [0.4, 0.5) is 11.5 Å². The lowest BCUT2D eigenvalue weighted by atomic mass is 9.95. The van der Waals surface area contributed by atoms with Gasteiger partial charge in [0.1, 0.15) is 5.82 Å². The number of carbonyl (C=O) groups excluding carboxylic acids is 3. The number of anilines is 2. The topological polar surface area (TPSA) is 117 Å². The first-order chi connectivity index (χ1) is 18.1. The molecule has 1 saturated carbocycles. The SMILES string of the molecule is Cc1cc(C(N)=O)c(N[C@H](C)C(C)C)cc1C(=O)N[C@H]1C[C@H]2CC[C@@H](C1)N2c1ccc(C(=O)C2CC2)cn1. The van der Waals surface area contributed by atoms with E-state index in [1.54, 1.807) is 18.3 Å². The Morgan fingerprint density at radius 1 is 1.00 bits per heavy atom. The molecule has 0 unspecified atom stereocenters. The summed E-state index contributed by atoms with van der Waals surface area (Å²) in [7, 11) is 0. The molecule has 2 amide bonds. The monoisotopic (exact) mass is 517 g/mol. The van der Waals surface area contributed by atoms with E-state index >= 15 is 0 Å². The average Bonchev–Trinajstić information content (AvgIpc) is 3.69. The Kier molecular flexibility index (Phi) is 7.16. The molecule has 0 radical (unpaired) electrons. The molecule has 2 aliphatic heterocycles. The Balaban J connectivity index is 1.27. The van der Waals surface area contributed by atoms with Crippen LogP contribution < -0.4 is 21.3 Å². The number of aryl methyl sites for hydroxylation is 1. The van der Waals surface area contributed by atoms with Gasteiger partial charge >= 0.3 is 0 Å². The summed E-state index contributed by atoms with van der Waals surface area (Å²) < 4.78 is 0. The summed E-state index contributed by atoms with van der Waals surface area (Å²) in [6.45, 7) is 8.09. The number of hydrogen-bond acceptors (Lipinski definition) is 6. The summed E-state index contributed by atoms with van der Waals surface area (Å²) in [5.74, 6) is 1.03. The van der Waals surface area contributed by atoms with Gasteiger partial charge in [0.15, 0.2) is 5.78 Å². The number of pyridine rings is 1. The molecule has 8 nitrogen and oxygen atoms in total. The number of amides is 2. The van der Waals surface area contributed by atoms with Crippen LogP contribution in [0.25, 0.3) is 0 Å². The third-order valence-corrected chi connectivity index (χ3v) is 8.57. The summed E-state index contributed by atoms with van der Waals surface area (Å²) in [6, 6.07) is 8.16. The minimum atomic E-state index is -0.513. The van der Waals surface area contributed by atoms with Crippen molar-refractivity contribution in [2.45, 2.75) is 90.4 Å². The normalized spacial score (nSPS) is 23.3. The number of nitrogens with zero attached hydrogens (tertiary/aromatic N) is 2. The third kappa shape index (κ3) is 5.26. The van der Waals surface area contributed by atoms with Crippen molar-refractivity contribution < 1.29 is 14.4 Å². The summed E-state index contributed by atoms with van der Waals surface area (Å²) in [4.78, 5) is 44.9. The fourth-order valence-electron chi connectivity index (χ4n) is 5.89. The zero-order valence-electron chi connectivity index (χ0n) is 22.8. The van der Waals surface area contributed by atoms with Crippen LogP contribution in [0.5, 0.6) is 0 Å². The lowest BCUT2D eigenvalue weighted by Crippen LogP contribution is -2.50. The maximum Gasteiger partial charge on any atom is 0.251 e. The largest absolute Gasteiger partial charge is 0.382 e. The van der Waals surface area contributed by atoms with E-state index in [1.165, 1.54) is 0 Å². The molecular formula is C30H39N5O3. The molecule has 202 valence electrons. The number of ketones is 1. The van der Waals surface area contributed by atoms with Crippen molar-refractivity contribution in [3.05, 3.63) is 52.7 Å². The number of Topliss-reactive ketones (excluding diaryl/α,β-unsaturated/α-hetero) is 1. The van der Waals surface area contributed by atoms with Gasteiger partial charge in [-0.15, -0.1) is 0 Å². The molecule has 2 saturated heterocycles. The quantitative estimate of drug-likeness (QED) is 0.423. The number of fused-ring (bicyclic) bond motifs is 2. The fraction of sp³-hybridized carbons (Fsp3) is 0.533. The Labute approximate surface area is 224 Å². The zero-order valence-corrected chi connectivity index (χ0v) is 22.8. The first-order valence-electron chi connectivity index (χ1n) is 13.9. The zero-order chi connectivity index (χ0) is 27.1. The second kappa shape index (κ2) is 10.4. The third-order valence-electron chi connectivity index (χ3n) is 8.57. The molecule has 3 heterocycles. The predicted octanol–water partition coefficient (Wildman–Crippen LogP) is 4.47. The highest BCUT2D eigenvalue weighted by molar-refractivity contribution is 6.03. The molecule has 1 aromatic heterocycles. The van der Waals surface area contributed by atoms with Crippen molar-refractivity contribution in [1.29, 1.82) is 0 Å². The van der Waals surface area contributed by atoms with Gasteiger partial charge in [0.25, 0.3) is 11.8 Å². The number of nitrogens with one attached hydrogen (secondary N) is 2. The number of benzene rings is 1. The number of aromatic nitrogens is 1. The van der Waals surface area contributed by atoms with Gasteiger partial charge in [-0.1, -0.05) is 13.8 Å². The molecule has 4 N–H and O–H groups in total. The van der Waals surface area contributed by atoms with Gasteiger partial charge in [-0.05, 0) is 88.1 Å². The van der Waals surface area contributed by atoms with E-state index in [0.29, 0.717) is 40.4 Å². The van der Waals surface area contributed by atoms with Crippen molar-refractivity contribution in [3.63, 3.8) is 0 Å². The first kappa shape index (κ1) is 26.2. The number of carbonyl (C=O) groups is 3. The molecule has 3 fully saturated rings. The molecule has 1 aromatic carbocycles. The first-order valence-corrected chi connectivity index (χ1v) is 13.9. The van der Waals surface area contributed by atoms with Crippen LogP contribution in [0, 0.1) is 18.8 Å². The van der Waals surface area contributed by atoms with E-state index in [9.17, 15) is 14.4 Å². The number of primary amides is 1. The van der Waals surface area contributed by atoms with Crippen LogP contribution in [-0.2, 0) is 0 Å². The molecule has 5 rings (SSSR count). The lowest BCUT2D eigenvalue weighted by molar-refractivity contribution is 0.0923. The van der Waals surface area contributed by atoms with E-state index in [1.807, 2.05) is 26.0 Å². The van der Waals surface area contributed by atoms with Crippen LogP contribution in [0.15, 0.2) is 30.5 Å². The van der Waals surface area contributed by atoms with Gasteiger partial charge < -0.3 is 21.3 Å². The lowest BCUT2D eigenvalue weighted by Gasteiger charge is -2.40. The van der Waals surface area contributed by atoms with E-state index in [4.69, 9.17) is 5.73 Å². The van der Waals surface area contributed by atoms with Gasteiger partial charge in [-0.2, -0.15) is 0 Å². The van der Waals surface area contributed by atoms with Crippen molar-refractivity contribution in [2.24, 2.45) is 17.6 Å². The minimum absolute atomic E-state index is 0.0631. The predicted molar refractivity (Wildman–Crippen MR) is 149 cm³/mol. The highest BCUT2D eigenvalue weighted by atomic mass is 16.2.